The van der Waals surface area contributed by atoms with Gasteiger partial charge in [0.1, 0.15) is 6.29 Å². The van der Waals surface area contributed by atoms with Gasteiger partial charge in [-0.15, -0.1) is 0 Å². The SMILES string of the molecule is CC(C)(C)C=O.NCCCCN. The Labute approximate surface area is 75.5 Å². The molecule has 3 nitrogen and oxygen atoms in total. The van der Waals surface area contributed by atoms with Gasteiger partial charge in [-0.25, -0.2) is 0 Å². The maximum absolute atomic E-state index is 9.83. The largest absolute Gasteiger partial charge is 0.330 e. The summed E-state index contributed by atoms with van der Waals surface area (Å²) in [6.45, 7) is 7.18. The van der Waals surface area contributed by atoms with Gasteiger partial charge in [0, 0.05) is 5.41 Å². The maximum atomic E-state index is 9.83. The Kier molecular flexibility index (Phi) is 10.2. The van der Waals surface area contributed by atoms with Crippen LogP contribution in [0, 0.1) is 5.41 Å². The summed E-state index contributed by atoms with van der Waals surface area (Å²) in [5.74, 6) is 0. The number of rotatable bonds is 3. The molecule has 0 radical (unpaired) electrons. The van der Waals surface area contributed by atoms with E-state index in [0.29, 0.717) is 0 Å². The van der Waals surface area contributed by atoms with Crippen molar-refractivity contribution in [3.63, 3.8) is 0 Å². The number of aldehydes is 1. The molecule has 0 aliphatic heterocycles. The van der Waals surface area contributed by atoms with E-state index in [-0.39, 0.29) is 5.41 Å². The Morgan fingerprint density at radius 2 is 1.33 bits per heavy atom. The molecule has 0 spiro atoms. The van der Waals surface area contributed by atoms with E-state index in [9.17, 15) is 4.79 Å². The van der Waals surface area contributed by atoms with Crippen molar-refractivity contribution in [2.24, 2.45) is 16.9 Å². The molecule has 0 aromatic rings. The van der Waals surface area contributed by atoms with E-state index in [1.807, 2.05) is 20.8 Å². The Morgan fingerprint density at radius 3 is 1.42 bits per heavy atom. The van der Waals surface area contributed by atoms with Gasteiger partial charge >= 0.3 is 0 Å². The lowest BCUT2D eigenvalue weighted by molar-refractivity contribution is -0.113. The average Bonchev–Trinajstić information content (AvgIpc) is 2.01. The zero-order valence-corrected chi connectivity index (χ0v) is 8.47. The van der Waals surface area contributed by atoms with E-state index in [1.54, 1.807) is 0 Å². The van der Waals surface area contributed by atoms with Crippen LogP contribution in [0.4, 0.5) is 0 Å². The quantitative estimate of drug-likeness (QED) is 0.493. The highest BCUT2D eigenvalue weighted by Crippen LogP contribution is 2.05. The third-order valence-electron chi connectivity index (χ3n) is 1.01. The van der Waals surface area contributed by atoms with E-state index in [1.165, 1.54) is 0 Å². The van der Waals surface area contributed by atoms with Crippen molar-refractivity contribution in [2.45, 2.75) is 33.6 Å². The van der Waals surface area contributed by atoms with E-state index in [2.05, 4.69) is 0 Å². The first kappa shape index (κ1) is 14.1. The molecule has 0 unspecified atom stereocenters. The molecule has 4 N–H and O–H groups in total. The van der Waals surface area contributed by atoms with Crippen LogP contribution >= 0.6 is 0 Å². The van der Waals surface area contributed by atoms with Crippen LogP contribution in [0.2, 0.25) is 0 Å². The van der Waals surface area contributed by atoms with Crippen LogP contribution in [0.5, 0.6) is 0 Å². The molecule has 74 valence electrons. The van der Waals surface area contributed by atoms with Crippen molar-refractivity contribution in [1.29, 1.82) is 0 Å². The van der Waals surface area contributed by atoms with Crippen molar-refractivity contribution in [3.05, 3.63) is 0 Å². The minimum Gasteiger partial charge on any atom is -0.330 e. The summed E-state index contributed by atoms with van der Waals surface area (Å²) in [5.41, 5.74) is 10.2. The van der Waals surface area contributed by atoms with E-state index >= 15 is 0 Å². The highest BCUT2D eigenvalue weighted by Gasteiger charge is 2.04. The molecule has 3 heteroatoms. The number of carbonyl (C=O) groups excluding carboxylic acids is 1. The Balaban J connectivity index is 0. The van der Waals surface area contributed by atoms with Gasteiger partial charge in [-0.1, -0.05) is 20.8 Å². The van der Waals surface area contributed by atoms with E-state index < -0.39 is 0 Å². The van der Waals surface area contributed by atoms with Crippen LogP contribution in [-0.4, -0.2) is 19.4 Å². The topological polar surface area (TPSA) is 69.1 Å². The first-order valence-electron chi connectivity index (χ1n) is 4.34. The summed E-state index contributed by atoms with van der Waals surface area (Å²) in [7, 11) is 0. The van der Waals surface area contributed by atoms with Gasteiger partial charge in [-0.05, 0) is 25.9 Å². The fourth-order valence-corrected chi connectivity index (χ4v) is 0.289. The summed E-state index contributed by atoms with van der Waals surface area (Å²) >= 11 is 0. The van der Waals surface area contributed by atoms with Gasteiger partial charge in [0.25, 0.3) is 0 Å². The van der Waals surface area contributed by atoms with Gasteiger partial charge in [0.05, 0.1) is 0 Å². The fraction of sp³-hybridized carbons (Fsp3) is 0.889. The molecule has 12 heavy (non-hydrogen) atoms. The van der Waals surface area contributed by atoms with Gasteiger partial charge in [-0.2, -0.15) is 0 Å². The van der Waals surface area contributed by atoms with Crippen LogP contribution in [0.25, 0.3) is 0 Å². The number of hydrogen-bond donors (Lipinski definition) is 2. The smallest absolute Gasteiger partial charge is 0.125 e. The summed E-state index contributed by atoms with van der Waals surface area (Å²) in [5, 5.41) is 0. The minimum absolute atomic E-state index is 0.139. The number of nitrogens with two attached hydrogens (primary N) is 2. The van der Waals surface area contributed by atoms with Crippen LogP contribution in [0.3, 0.4) is 0 Å². The summed E-state index contributed by atoms with van der Waals surface area (Å²) < 4.78 is 0. The van der Waals surface area contributed by atoms with Crippen molar-refractivity contribution < 1.29 is 4.79 Å². The molecule has 0 aliphatic carbocycles. The Bertz CT molecular complexity index is 93.2. The van der Waals surface area contributed by atoms with Crippen molar-refractivity contribution in [2.75, 3.05) is 13.1 Å². The van der Waals surface area contributed by atoms with Gasteiger partial charge in [0.15, 0.2) is 0 Å². The van der Waals surface area contributed by atoms with Crippen LogP contribution in [-0.2, 0) is 4.79 Å². The molecule has 0 aromatic carbocycles. The molecular formula is C9H22N2O. The molecular weight excluding hydrogens is 152 g/mol. The molecule has 0 aromatic heterocycles. The minimum atomic E-state index is -0.139. The molecule has 0 aliphatic rings. The molecule has 0 heterocycles. The zero-order valence-electron chi connectivity index (χ0n) is 8.47. The molecule has 0 saturated carbocycles. The van der Waals surface area contributed by atoms with Crippen molar-refractivity contribution >= 4 is 6.29 Å². The maximum Gasteiger partial charge on any atom is 0.125 e. The number of carbonyl (C=O) groups is 1. The second-order valence-corrected chi connectivity index (χ2v) is 3.77. The number of unbranched alkanes of at least 4 members (excludes halogenated alkanes) is 1. The predicted molar refractivity (Wildman–Crippen MR) is 52.9 cm³/mol. The van der Waals surface area contributed by atoms with Crippen LogP contribution < -0.4 is 11.5 Å². The lowest BCUT2D eigenvalue weighted by atomic mass is 10.0. The average molecular weight is 174 g/mol. The Morgan fingerprint density at radius 1 is 1.08 bits per heavy atom. The molecule has 0 rings (SSSR count). The third kappa shape index (κ3) is 22.6. The highest BCUT2D eigenvalue weighted by molar-refractivity contribution is 5.56. The summed E-state index contributed by atoms with van der Waals surface area (Å²) in [6, 6.07) is 0. The van der Waals surface area contributed by atoms with Gasteiger partial charge < -0.3 is 16.3 Å². The fourth-order valence-electron chi connectivity index (χ4n) is 0.289. The number of hydrogen-bond acceptors (Lipinski definition) is 3. The monoisotopic (exact) mass is 174 g/mol. The lowest BCUT2D eigenvalue weighted by Crippen LogP contribution is -2.04. The predicted octanol–water partition coefficient (Wildman–Crippen LogP) is 0.915. The van der Waals surface area contributed by atoms with Crippen molar-refractivity contribution in [1.82, 2.24) is 0 Å². The Hall–Kier alpha value is -0.410. The van der Waals surface area contributed by atoms with E-state index in [0.717, 1.165) is 32.2 Å². The second kappa shape index (κ2) is 8.68. The first-order valence-corrected chi connectivity index (χ1v) is 4.34. The standard InChI is InChI=1S/C5H10O.C4H12N2/c1-5(2,3)4-6;5-3-1-2-4-6/h4H,1-3H3;1-6H2. The lowest BCUT2D eigenvalue weighted by Gasteiger charge is -2.03. The molecule has 0 fully saturated rings. The summed E-state index contributed by atoms with van der Waals surface area (Å²) in [6.07, 6.45) is 3.07. The first-order chi connectivity index (χ1) is 5.47. The van der Waals surface area contributed by atoms with Crippen LogP contribution in [0.1, 0.15) is 33.6 Å². The molecule has 0 bridgehead atoms. The van der Waals surface area contributed by atoms with E-state index in [4.69, 9.17) is 11.5 Å². The van der Waals surface area contributed by atoms with Crippen LogP contribution in [0.15, 0.2) is 0 Å². The molecule has 0 saturated heterocycles. The van der Waals surface area contributed by atoms with Gasteiger partial charge in [0.2, 0.25) is 0 Å². The molecule has 0 amide bonds. The summed E-state index contributed by atoms with van der Waals surface area (Å²) in [4.78, 5) is 9.83. The van der Waals surface area contributed by atoms with Gasteiger partial charge in [-0.3, -0.25) is 0 Å². The second-order valence-electron chi connectivity index (χ2n) is 3.77. The normalized spacial score (nSPS) is 10.1. The molecule has 0 atom stereocenters. The third-order valence-corrected chi connectivity index (χ3v) is 1.01. The van der Waals surface area contributed by atoms with Crippen molar-refractivity contribution in [3.8, 4) is 0 Å². The zero-order chi connectivity index (χ0) is 10.0. The highest BCUT2D eigenvalue weighted by atomic mass is 16.1.